The van der Waals surface area contributed by atoms with Crippen molar-refractivity contribution >= 4 is 17.5 Å². The number of hydrogen-bond acceptors (Lipinski definition) is 6. The average molecular weight is 503 g/mol. The predicted octanol–water partition coefficient (Wildman–Crippen LogP) is 4.13. The van der Waals surface area contributed by atoms with E-state index in [0.717, 1.165) is 71.2 Å². The molecule has 0 saturated carbocycles. The second kappa shape index (κ2) is 9.82. The fraction of sp³-hybridized carbons (Fsp3) is 0.357. The van der Waals surface area contributed by atoms with Gasteiger partial charge in [0.2, 0.25) is 5.56 Å². The van der Waals surface area contributed by atoms with Crippen LogP contribution in [0.5, 0.6) is 11.5 Å². The van der Waals surface area contributed by atoms with E-state index in [1.54, 1.807) is 6.07 Å². The Morgan fingerprint density at radius 2 is 1.95 bits per heavy atom. The summed E-state index contributed by atoms with van der Waals surface area (Å²) in [6.07, 6.45) is 1.62. The van der Waals surface area contributed by atoms with Gasteiger partial charge in [0.05, 0.1) is 24.9 Å². The molecule has 9 nitrogen and oxygen atoms in total. The van der Waals surface area contributed by atoms with E-state index < -0.39 is 6.09 Å². The van der Waals surface area contributed by atoms with Crippen LogP contribution in [-0.4, -0.2) is 66.5 Å². The van der Waals surface area contributed by atoms with E-state index in [1.807, 2.05) is 30.3 Å². The molecule has 1 amide bonds. The Labute approximate surface area is 214 Å². The number of pyridine rings is 1. The zero-order chi connectivity index (χ0) is 25.4. The smallest absolute Gasteiger partial charge is 0.407 e. The Morgan fingerprint density at radius 1 is 1.08 bits per heavy atom. The van der Waals surface area contributed by atoms with Gasteiger partial charge in [-0.3, -0.25) is 4.79 Å². The number of aromatic amines is 1. The highest BCUT2D eigenvalue weighted by Crippen LogP contribution is 2.43. The molecule has 3 aliphatic heterocycles. The summed E-state index contributed by atoms with van der Waals surface area (Å²) in [6, 6.07) is 15.6. The summed E-state index contributed by atoms with van der Waals surface area (Å²) in [5.74, 6) is 1.54. The van der Waals surface area contributed by atoms with Crippen molar-refractivity contribution in [3.05, 3.63) is 70.0 Å². The highest BCUT2D eigenvalue weighted by Gasteiger charge is 2.28. The molecule has 37 heavy (non-hydrogen) atoms. The molecule has 3 aliphatic rings. The van der Waals surface area contributed by atoms with Gasteiger partial charge in [0.15, 0.2) is 0 Å². The first-order valence-corrected chi connectivity index (χ1v) is 12.8. The van der Waals surface area contributed by atoms with Gasteiger partial charge in [-0.25, -0.2) is 4.79 Å². The van der Waals surface area contributed by atoms with Gasteiger partial charge in [0.25, 0.3) is 0 Å². The molecule has 2 saturated heterocycles. The quantitative estimate of drug-likeness (QED) is 0.377. The summed E-state index contributed by atoms with van der Waals surface area (Å²) in [4.78, 5) is 30.7. The fourth-order valence-electron chi connectivity index (χ4n) is 5.51. The van der Waals surface area contributed by atoms with Crippen LogP contribution >= 0.6 is 0 Å². The number of carboxylic acid groups (broad SMARTS) is 1. The number of likely N-dealkylation sites (tertiary alicyclic amines) is 1. The van der Waals surface area contributed by atoms with Gasteiger partial charge in [-0.05, 0) is 48.7 Å². The Morgan fingerprint density at radius 3 is 2.78 bits per heavy atom. The van der Waals surface area contributed by atoms with Crippen molar-refractivity contribution in [3.63, 3.8) is 0 Å². The van der Waals surface area contributed by atoms with Crippen LogP contribution in [0.2, 0.25) is 0 Å². The molecule has 6 rings (SSSR count). The Kier molecular flexibility index (Phi) is 6.21. The van der Waals surface area contributed by atoms with Crippen molar-refractivity contribution < 1.29 is 19.4 Å². The SMILES string of the molecule is O=C(O)N1CCCC1CNc1ccc2c(c1)Cc1cccc(-c3cc(N4CCOCC4)cc(=O)[nH]3)c1O2. The van der Waals surface area contributed by atoms with Crippen LogP contribution in [0.1, 0.15) is 24.0 Å². The summed E-state index contributed by atoms with van der Waals surface area (Å²) in [6.45, 7) is 3.99. The van der Waals surface area contributed by atoms with Crippen LogP contribution in [-0.2, 0) is 11.2 Å². The van der Waals surface area contributed by atoms with E-state index in [1.165, 1.54) is 4.90 Å². The molecular formula is C28H30N4O5. The largest absolute Gasteiger partial charge is 0.465 e. The number of morpholine rings is 1. The number of ether oxygens (including phenoxy) is 2. The first-order valence-electron chi connectivity index (χ1n) is 12.8. The van der Waals surface area contributed by atoms with Crippen LogP contribution in [0, 0.1) is 0 Å². The Balaban J connectivity index is 1.23. The Hall–Kier alpha value is -3.98. The summed E-state index contributed by atoms with van der Waals surface area (Å²) >= 11 is 0. The standard InChI is InChI=1S/C28H30N4O5/c33-26-16-22(31-9-11-36-12-10-31)15-24(30-26)23-5-1-3-18-13-19-14-20(6-7-25(19)37-27(18)23)29-17-21-4-2-8-32(21)28(34)35/h1,3,5-7,14-16,21,29H,2,4,8-13,17H2,(H,30,33)(H,34,35). The lowest BCUT2D eigenvalue weighted by Crippen LogP contribution is -2.38. The number of anilines is 2. The van der Waals surface area contributed by atoms with Crippen LogP contribution in [0.4, 0.5) is 16.2 Å². The fourth-order valence-corrected chi connectivity index (χ4v) is 5.51. The van der Waals surface area contributed by atoms with Crippen LogP contribution in [0.25, 0.3) is 11.3 Å². The maximum absolute atomic E-state index is 12.5. The van der Waals surface area contributed by atoms with Gasteiger partial charge < -0.3 is 34.7 Å². The van der Waals surface area contributed by atoms with Crippen LogP contribution < -0.4 is 20.5 Å². The molecule has 4 heterocycles. The van der Waals surface area contributed by atoms with Crippen molar-refractivity contribution in [1.82, 2.24) is 9.88 Å². The average Bonchev–Trinajstić information content (AvgIpc) is 3.40. The van der Waals surface area contributed by atoms with Crippen molar-refractivity contribution in [2.75, 3.05) is 49.6 Å². The lowest BCUT2D eigenvalue weighted by atomic mass is 9.96. The number of amides is 1. The van der Waals surface area contributed by atoms with E-state index in [0.29, 0.717) is 32.7 Å². The summed E-state index contributed by atoms with van der Waals surface area (Å²) < 4.78 is 11.9. The molecule has 0 radical (unpaired) electrons. The third-order valence-electron chi connectivity index (χ3n) is 7.41. The van der Waals surface area contributed by atoms with Gasteiger partial charge in [-0.15, -0.1) is 0 Å². The zero-order valence-corrected chi connectivity index (χ0v) is 20.5. The minimum Gasteiger partial charge on any atom is -0.465 e. The molecule has 0 spiro atoms. The molecule has 192 valence electrons. The summed E-state index contributed by atoms with van der Waals surface area (Å²) in [5, 5.41) is 12.8. The van der Waals surface area contributed by atoms with Gasteiger partial charge in [-0.2, -0.15) is 0 Å². The number of H-pyrrole nitrogens is 1. The highest BCUT2D eigenvalue weighted by molar-refractivity contribution is 5.74. The maximum Gasteiger partial charge on any atom is 0.407 e. The molecule has 1 atom stereocenters. The lowest BCUT2D eigenvalue weighted by Gasteiger charge is -2.29. The number of para-hydroxylation sites is 1. The molecule has 1 unspecified atom stereocenters. The minimum absolute atomic E-state index is 0.0107. The molecule has 3 aromatic rings. The molecule has 3 N–H and O–H groups in total. The minimum atomic E-state index is -0.854. The summed E-state index contributed by atoms with van der Waals surface area (Å²) in [7, 11) is 0. The number of benzene rings is 2. The molecule has 0 aliphatic carbocycles. The number of rotatable bonds is 5. The number of nitrogens with zero attached hydrogens (tertiary/aromatic N) is 2. The first kappa shape index (κ1) is 23.4. The second-order valence-electron chi connectivity index (χ2n) is 9.76. The van der Waals surface area contributed by atoms with Crippen molar-refractivity contribution in [2.45, 2.75) is 25.3 Å². The molecule has 1 aromatic heterocycles. The van der Waals surface area contributed by atoms with Crippen molar-refractivity contribution in [3.8, 4) is 22.8 Å². The van der Waals surface area contributed by atoms with Gasteiger partial charge in [0.1, 0.15) is 11.5 Å². The van der Waals surface area contributed by atoms with Crippen LogP contribution in [0.3, 0.4) is 0 Å². The Bertz CT molecular complexity index is 1380. The van der Waals surface area contributed by atoms with E-state index in [2.05, 4.69) is 27.3 Å². The van der Waals surface area contributed by atoms with E-state index >= 15 is 0 Å². The number of carbonyl (C=O) groups is 1. The maximum atomic E-state index is 12.5. The number of fused-ring (bicyclic) bond motifs is 2. The molecule has 2 aromatic carbocycles. The first-order chi connectivity index (χ1) is 18.0. The molecule has 0 bridgehead atoms. The van der Waals surface area contributed by atoms with Gasteiger partial charge in [-0.1, -0.05) is 12.1 Å². The van der Waals surface area contributed by atoms with Gasteiger partial charge in [0, 0.05) is 61.2 Å². The topological polar surface area (TPSA) is 107 Å². The van der Waals surface area contributed by atoms with Crippen molar-refractivity contribution in [2.24, 2.45) is 0 Å². The second-order valence-corrected chi connectivity index (χ2v) is 9.76. The predicted molar refractivity (Wildman–Crippen MR) is 141 cm³/mol. The molecular weight excluding hydrogens is 472 g/mol. The third kappa shape index (κ3) is 4.74. The lowest BCUT2D eigenvalue weighted by molar-refractivity contribution is 0.122. The zero-order valence-electron chi connectivity index (χ0n) is 20.5. The van der Waals surface area contributed by atoms with E-state index in [4.69, 9.17) is 9.47 Å². The highest BCUT2D eigenvalue weighted by atomic mass is 16.5. The van der Waals surface area contributed by atoms with E-state index in [9.17, 15) is 14.7 Å². The third-order valence-corrected chi connectivity index (χ3v) is 7.41. The van der Waals surface area contributed by atoms with Gasteiger partial charge >= 0.3 is 6.09 Å². The van der Waals surface area contributed by atoms with Crippen LogP contribution in [0.15, 0.2) is 53.3 Å². The van der Waals surface area contributed by atoms with Crippen molar-refractivity contribution in [1.29, 1.82) is 0 Å². The summed E-state index contributed by atoms with van der Waals surface area (Å²) in [5.41, 5.74) is 5.38. The normalized spacial score (nSPS) is 18.6. The molecule has 2 fully saturated rings. The number of nitrogens with one attached hydrogen (secondary N) is 2. The number of hydrogen-bond donors (Lipinski definition) is 3. The number of aromatic nitrogens is 1. The van der Waals surface area contributed by atoms with E-state index in [-0.39, 0.29) is 11.6 Å². The molecule has 9 heteroatoms. The monoisotopic (exact) mass is 502 g/mol.